The molecule has 0 bridgehead atoms. The molecule has 0 unspecified atom stereocenters. The molecule has 0 spiro atoms. The van der Waals surface area contributed by atoms with Crippen LogP contribution in [-0.4, -0.2) is 9.97 Å². The summed E-state index contributed by atoms with van der Waals surface area (Å²) in [6, 6.07) is 72.8. The first kappa shape index (κ1) is 32.8. The number of aromatic nitrogens is 2. The van der Waals surface area contributed by atoms with E-state index in [9.17, 15) is 0 Å². The van der Waals surface area contributed by atoms with E-state index in [-0.39, 0.29) is 0 Å². The van der Waals surface area contributed by atoms with E-state index in [4.69, 9.17) is 14.7 Å². The fourth-order valence-electron chi connectivity index (χ4n) is 8.27. The molecular formula is C54H34N2O. The summed E-state index contributed by atoms with van der Waals surface area (Å²) in [6.45, 7) is 0. The molecule has 9 aromatic carbocycles. The first-order valence-electron chi connectivity index (χ1n) is 19.3. The van der Waals surface area contributed by atoms with Crippen molar-refractivity contribution >= 4 is 21.5 Å². The van der Waals surface area contributed by atoms with E-state index >= 15 is 0 Å². The highest BCUT2D eigenvalue weighted by atomic mass is 16.5. The highest BCUT2D eigenvalue weighted by molar-refractivity contribution is 6.06. The summed E-state index contributed by atoms with van der Waals surface area (Å²) in [4.78, 5) is 10.3. The van der Waals surface area contributed by atoms with Gasteiger partial charge in [-0.1, -0.05) is 182 Å². The van der Waals surface area contributed by atoms with Gasteiger partial charge < -0.3 is 4.74 Å². The Balaban J connectivity index is 0.967. The van der Waals surface area contributed by atoms with E-state index in [1.165, 1.54) is 38.4 Å². The fraction of sp³-hybridized carbons (Fsp3) is 0. The van der Waals surface area contributed by atoms with Gasteiger partial charge in [-0.15, -0.1) is 0 Å². The third-order valence-corrected chi connectivity index (χ3v) is 11.1. The molecule has 1 aliphatic heterocycles. The van der Waals surface area contributed by atoms with Gasteiger partial charge in [-0.3, -0.25) is 0 Å². The first-order valence-corrected chi connectivity index (χ1v) is 19.3. The molecule has 10 aromatic rings. The zero-order valence-corrected chi connectivity index (χ0v) is 30.9. The normalized spacial score (nSPS) is 11.6. The van der Waals surface area contributed by atoms with Crippen molar-refractivity contribution in [2.75, 3.05) is 0 Å². The van der Waals surface area contributed by atoms with Crippen LogP contribution in [0, 0.1) is 0 Å². The Morgan fingerprint density at radius 3 is 1.61 bits per heavy atom. The molecule has 0 radical (unpaired) electrons. The number of hydrogen-bond acceptors (Lipinski definition) is 3. The van der Waals surface area contributed by atoms with Gasteiger partial charge in [0.25, 0.3) is 0 Å². The third-order valence-electron chi connectivity index (χ3n) is 11.1. The van der Waals surface area contributed by atoms with E-state index < -0.39 is 0 Å². The largest absolute Gasteiger partial charge is 0.456 e. The van der Waals surface area contributed by atoms with E-state index in [2.05, 4.69) is 182 Å². The van der Waals surface area contributed by atoms with E-state index in [1.54, 1.807) is 0 Å². The molecule has 3 nitrogen and oxygen atoms in total. The minimum absolute atomic E-state index is 0.702. The zero-order valence-electron chi connectivity index (χ0n) is 30.9. The summed E-state index contributed by atoms with van der Waals surface area (Å²) < 4.78 is 6.37. The Morgan fingerprint density at radius 1 is 0.298 bits per heavy atom. The van der Waals surface area contributed by atoms with Crippen LogP contribution in [0.1, 0.15) is 0 Å². The van der Waals surface area contributed by atoms with Crippen LogP contribution in [-0.2, 0) is 0 Å². The summed E-state index contributed by atoms with van der Waals surface area (Å²) in [7, 11) is 0. The van der Waals surface area contributed by atoms with Crippen LogP contribution >= 0.6 is 0 Å². The zero-order chi connectivity index (χ0) is 37.7. The summed E-state index contributed by atoms with van der Waals surface area (Å²) in [5.41, 5.74) is 14.2. The smallest absolute Gasteiger partial charge is 0.160 e. The average molecular weight is 727 g/mol. The van der Waals surface area contributed by atoms with Crippen molar-refractivity contribution in [3.8, 4) is 89.9 Å². The maximum atomic E-state index is 6.37. The standard InChI is InChI=1S/C54H34N2O/c1-3-11-35(12-4-1)36-23-27-39(28-24-36)49-34-50(56-54(55-49)41-13-5-2-6-14-41)46-31-30-43(44-17-7-8-18-45(44)46)38-25-21-37(22-26-38)42-29-32-51-48(33-42)47-19-9-15-40-16-10-20-52(57-51)53(40)47/h1-34H. The summed E-state index contributed by atoms with van der Waals surface area (Å²) in [5.74, 6) is 2.51. The molecule has 0 N–H and O–H groups in total. The maximum absolute atomic E-state index is 6.37. The minimum Gasteiger partial charge on any atom is -0.456 e. The SMILES string of the molecule is c1ccc(-c2ccc(-c3cc(-c4ccc(-c5ccc(-c6ccc7c(c6)-c6cccc8cccc(c68)O7)cc5)c5ccccc45)nc(-c4ccccc4)n3)cc2)cc1. The van der Waals surface area contributed by atoms with Gasteiger partial charge in [-0.05, 0) is 79.4 Å². The fourth-order valence-corrected chi connectivity index (χ4v) is 8.27. The van der Waals surface area contributed by atoms with Crippen LogP contribution in [0.25, 0.3) is 100.0 Å². The van der Waals surface area contributed by atoms with Gasteiger partial charge in [-0.25, -0.2) is 9.97 Å². The molecule has 0 amide bonds. The van der Waals surface area contributed by atoms with Crippen molar-refractivity contribution in [1.82, 2.24) is 9.97 Å². The number of hydrogen-bond donors (Lipinski definition) is 0. The lowest BCUT2D eigenvalue weighted by Gasteiger charge is -2.22. The van der Waals surface area contributed by atoms with Crippen LogP contribution in [0.3, 0.4) is 0 Å². The highest BCUT2D eigenvalue weighted by Gasteiger charge is 2.21. The maximum Gasteiger partial charge on any atom is 0.160 e. The van der Waals surface area contributed by atoms with Gasteiger partial charge in [0.1, 0.15) is 11.5 Å². The summed E-state index contributed by atoms with van der Waals surface area (Å²) in [5, 5.41) is 4.68. The van der Waals surface area contributed by atoms with Crippen LogP contribution in [0.2, 0.25) is 0 Å². The lowest BCUT2D eigenvalue weighted by molar-refractivity contribution is 0.487. The number of benzene rings is 9. The monoisotopic (exact) mass is 726 g/mol. The van der Waals surface area contributed by atoms with Crippen LogP contribution in [0.15, 0.2) is 206 Å². The lowest BCUT2D eigenvalue weighted by atomic mass is 9.91. The second-order valence-corrected chi connectivity index (χ2v) is 14.5. The predicted octanol–water partition coefficient (Wildman–Crippen LogP) is 14.6. The molecule has 11 rings (SSSR count). The second-order valence-electron chi connectivity index (χ2n) is 14.5. The van der Waals surface area contributed by atoms with Crippen LogP contribution in [0.5, 0.6) is 11.5 Å². The van der Waals surface area contributed by atoms with Crippen molar-refractivity contribution in [2.45, 2.75) is 0 Å². The van der Waals surface area contributed by atoms with E-state index in [1.807, 2.05) is 24.3 Å². The van der Waals surface area contributed by atoms with Gasteiger partial charge in [0.05, 0.1) is 11.4 Å². The van der Waals surface area contributed by atoms with Gasteiger partial charge in [0.2, 0.25) is 0 Å². The van der Waals surface area contributed by atoms with Crippen molar-refractivity contribution in [3.05, 3.63) is 206 Å². The Hall–Kier alpha value is -7.62. The molecule has 0 saturated heterocycles. The average Bonchev–Trinajstić information content (AvgIpc) is 3.29. The molecule has 3 heteroatoms. The molecule has 0 fully saturated rings. The predicted molar refractivity (Wildman–Crippen MR) is 235 cm³/mol. The molecule has 1 aromatic heterocycles. The topological polar surface area (TPSA) is 35.0 Å². The van der Waals surface area contributed by atoms with Crippen molar-refractivity contribution in [3.63, 3.8) is 0 Å². The van der Waals surface area contributed by atoms with Gasteiger partial charge >= 0.3 is 0 Å². The number of rotatable bonds is 6. The summed E-state index contributed by atoms with van der Waals surface area (Å²) >= 11 is 0. The van der Waals surface area contributed by atoms with Gasteiger partial charge in [0.15, 0.2) is 5.82 Å². The molecule has 0 saturated carbocycles. The van der Waals surface area contributed by atoms with Crippen molar-refractivity contribution in [2.24, 2.45) is 0 Å². The highest BCUT2D eigenvalue weighted by Crippen LogP contribution is 2.47. The molecule has 0 atom stereocenters. The van der Waals surface area contributed by atoms with Crippen molar-refractivity contribution < 1.29 is 4.74 Å². The summed E-state index contributed by atoms with van der Waals surface area (Å²) in [6.07, 6.45) is 0. The quantitative estimate of drug-likeness (QED) is 0.171. The van der Waals surface area contributed by atoms with Gasteiger partial charge in [0, 0.05) is 27.6 Å². The Kier molecular flexibility index (Phi) is 7.82. The van der Waals surface area contributed by atoms with E-state index in [0.29, 0.717) is 5.82 Å². The third kappa shape index (κ3) is 5.85. The van der Waals surface area contributed by atoms with E-state index in [0.717, 1.165) is 67.2 Å². The molecule has 2 heterocycles. The minimum atomic E-state index is 0.702. The second kappa shape index (κ2) is 13.6. The van der Waals surface area contributed by atoms with Crippen LogP contribution < -0.4 is 4.74 Å². The molecule has 1 aliphatic rings. The Morgan fingerprint density at radius 2 is 0.860 bits per heavy atom. The Bertz CT molecular complexity index is 3110. The molecule has 57 heavy (non-hydrogen) atoms. The molecular weight excluding hydrogens is 693 g/mol. The molecule has 266 valence electrons. The van der Waals surface area contributed by atoms with Gasteiger partial charge in [-0.2, -0.15) is 0 Å². The molecule has 0 aliphatic carbocycles. The number of ether oxygens (including phenoxy) is 1. The number of fused-ring (bicyclic) bond motifs is 3. The first-order chi connectivity index (χ1) is 28.2. The van der Waals surface area contributed by atoms with Crippen molar-refractivity contribution in [1.29, 1.82) is 0 Å². The number of nitrogens with zero attached hydrogens (tertiary/aromatic N) is 2. The lowest BCUT2D eigenvalue weighted by Crippen LogP contribution is -1.97. The van der Waals surface area contributed by atoms with Crippen LogP contribution in [0.4, 0.5) is 0 Å². The Labute approximate surface area is 331 Å².